The van der Waals surface area contributed by atoms with Gasteiger partial charge in [-0.15, -0.1) is 0 Å². The average Bonchev–Trinajstić information content (AvgIpc) is 2.57. The van der Waals surface area contributed by atoms with Crippen molar-refractivity contribution < 1.29 is 18.3 Å². The third-order valence-electron chi connectivity index (χ3n) is 3.28. The number of nitrogens with zero attached hydrogens (tertiary/aromatic N) is 1. The van der Waals surface area contributed by atoms with Gasteiger partial charge in [0, 0.05) is 6.54 Å². The summed E-state index contributed by atoms with van der Waals surface area (Å²) in [6.45, 7) is 0.685. The van der Waals surface area contributed by atoms with E-state index in [2.05, 4.69) is 0 Å². The highest BCUT2D eigenvalue weighted by Gasteiger charge is 2.28. The summed E-state index contributed by atoms with van der Waals surface area (Å²) in [6.07, 6.45) is -1.37. The van der Waals surface area contributed by atoms with E-state index in [9.17, 15) is 18.3 Å². The van der Waals surface area contributed by atoms with Gasteiger partial charge in [-0.1, -0.05) is 6.42 Å². The van der Waals surface area contributed by atoms with E-state index in [4.69, 9.17) is 0 Å². The van der Waals surface area contributed by atoms with Gasteiger partial charge in [0.15, 0.2) is 0 Å². The van der Waals surface area contributed by atoms with Crippen LogP contribution in [0.25, 0.3) is 0 Å². The van der Waals surface area contributed by atoms with Gasteiger partial charge in [-0.2, -0.15) is 13.2 Å². The molecule has 0 saturated heterocycles. The zero-order chi connectivity index (χ0) is 12.2. The number of hydrogen-bond acceptors (Lipinski definition) is 2. The third-order valence-corrected chi connectivity index (χ3v) is 3.28. The lowest BCUT2D eigenvalue weighted by Crippen LogP contribution is -2.27. The summed E-state index contributed by atoms with van der Waals surface area (Å²) in [5.41, 5.74) is 0. The Kier molecular flexibility index (Phi) is 5.05. The van der Waals surface area contributed by atoms with Crippen molar-refractivity contribution in [3.05, 3.63) is 0 Å². The number of halogens is 3. The quantitative estimate of drug-likeness (QED) is 0.796. The summed E-state index contributed by atoms with van der Waals surface area (Å²) in [5, 5.41) is 9.56. The van der Waals surface area contributed by atoms with Crippen LogP contribution in [-0.2, 0) is 0 Å². The van der Waals surface area contributed by atoms with E-state index >= 15 is 0 Å². The molecule has 0 aromatic carbocycles. The first kappa shape index (κ1) is 13.8. The van der Waals surface area contributed by atoms with Crippen LogP contribution in [0.2, 0.25) is 0 Å². The Balaban J connectivity index is 2.12. The van der Waals surface area contributed by atoms with Gasteiger partial charge in [0.2, 0.25) is 0 Å². The SMILES string of the molecule is CN(CCC1CCCC1O)CCC(F)(F)F. The molecule has 2 unspecified atom stereocenters. The lowest BCUT2D eigenvalue weighted by atomic mass is 10.0. The van der Waals surface area contributed by atoms with Crippen LogP contribution in [0.5, 0.6) is 0 Å². The molecule has 1 N–H and O–H groups in total. The van der Waals surface area contributed by atoms with Crippen molar-refractivity contribution in [2.75, 3.05) is 20.1 Å². The highest BCUT2D eigenvalue weighted by Crippen LogP contribution is 2.28. The third kappa shape index (κ3) is 5.16. The number of rotatable bonds is 5. The zero-order valence-corrected chi connectivity index (χ0v) is 9.63. The maximum Gasteiger partial charge on any atom is 0.390 e. The van der Waals surface area contributed by atoms with Gasteiger partial charge in [-0.25, -0.2) is 0 Å². The molecule has 1 aliphatic rings. The van der Waals surface area contributed by atoms with Crippen LogP contribution in [0.4, 0.5) is 13.2 Å². The Morgan fingerprint density at radius 2 is 1.94 bits per heavy atom. The molecule has 0 spiro atoms. The van der Waals surface area contributed by atoms with Gasteiger partial charge in [0.25, 0.3) is 0 Å². The van der Waals surface area contributed by atoms with Gasteiger partial charge in [-0.05, 0) is 38.8 Å². The fraction of sp³-hybridized carbons (Fsp3) is 1.00. The van der Waals surface area contributed by atoms with Gasteiger partial charge in [0.1, 0.15) is 0 Å². The molecule has 2 atom stereocenters. The van der Waals surface area contributed by atoms with Gasteiger partial charge in [-0.3, -0.25) is 0 Å². The Hall–Kier alpha value is -0.290. The molecule has 1 rings (SSSR count). The lowest BCUT2D eigenvalue weighted by molar-refractivity contribution is -0.137. The molecule has 0 aliphatic heterocycles. The maximum atomic E-state index is 12.0. The molecule has 0 amide bonds. The van der Waals surface area contributed by atoms with Crippen LogP contribution in [0, 0.1) is 5.92 Å². The van der Waals surface area contributed by atoms with E-state index in [1.165, 1.54) is 0 Å². The van der Waals surface area contributed by atoms with Crippen LogP contribution in [0.15, 0.2) is 0 Å². The maximum absolute atomic E-state index is 12.0. The Labute approximate surface area is 94.4 Å². The second-order valence-electron chi connectivity index (χ2n) is 4.72. The normalized spacial score (nSPS) is 26.6. The first-order chi connectivity index (χ1) is 7.38. The van der Waals surface area contributed by atoms with Gasteiger partial charge < -0.3 is 10.0 Å². The first-order valence-corrected chi connectivity index (χ1v) is 5.82. The van der Waals surface area contributed by atoms with Crippen molar-refractivity contribution in [3.8, 4) is 0 Å². The molecule has 0 radical (unpaired) electrons. The molecule has 0 aromatic heterocycles. The molecule has 5 heteroatoms. The minimum atomic E-state index is -4.07. The van der Waals surface area contributed by atoms with Crippen molar-refractivity contribution in [3.63, 3.8) is 0 Å². The molecule has 96 valence electrons. The molecule has 1 fully saturated rings. The fourth-order valence-electron chi connectivity index (χ4n) is 2.17. The average molecular weight is 239 g/mol. The van der Waals surface area contributed by atoms with Crippen molar-refractivity contribution in [2.45, 2.75) is 44.4 Å². The minimum Gasteiger partial charge on any atom is -0.393 e. The van der Waals surface area contributed by atoms with E-state index in [0.717, 1.165) is 25.7 Å². The Morgan fingerprint density at radius 1 is 1.25 bits per heavy atom. The summed E-state index contributed by atoms with van der Waals surface area (Å²) >= 11 is 0. The minimum absolute atomic E-state index is 0.0479. The van der Waals surface area contributed by atoms with Crippen LogP contribution >= 0.6 is 0 Å². The number of alkyl halides is 3. The zero-order valence-electron chi connectivity index (χ0n) is 9.63. The molecule has 0 aromatic rings. The van der Waals surface area contributed by atoms with Crippen molar-refractivity contribution in [1.82, 2.24) is 4.90 Å². The molecule has 1 aliphatic carbocycles. The Bertz CT molecular complexity index is 208. The predicted molar refractivity (Wildman–Crippen MR) is 56.1 cm³/mol. The standard InChI is InChI=1S/C11H20F3NO/c1-15(8-6-11(12,13)14)7-5-9-3-2-4-10(9)16/h9-10,16H,2-8H2,1H3. The first-order valence-electron chi connectivity index (χ1n) is 5.82. The molecule has 0 bridgehead atoms. The van der Waals surface area contributed by atoms with Crippen LogP contribution in [0.3, 0.4) is 0 Å². The summed E-state index contributed by atoms with van der Waals surface area (Å²) in [7, 11) is 1.70. The van der Waals surface area contributed by atoms with Crippen LogP contribution < -0.4 is 0 Å². The van der Waals surface area contributed by atoms with Crippen LogP contribution in [-0.4, -0.2) is 42.4 Å². The number of aliphatic hydroxyl groups is 1. The van der Waals surface area contributed by atoms with E-state index < -0.39 is 12.6 Å². The van der Waals surface area contributed by atoms with Crippen LogP contribution in [0.1, 0.15) is 32.1 Å². The molecule has 1 saturated carbocycles. The van der Waals surface area contributed by atoms with Gasteiger partial charge in [0.05, 0.1) is 12.5 Å². The molecule has 2 nitrogen and oxygen atoms in total. The largest absolute Gasteiger partial charge is 0.393 e. The van der Waals surface area contributed by atoms with E-state index in [1.807, 2.05) is 0 Å². The molecular weight excluding hydrogens is 219 g/mol. The molecule has 0 heterocycles. The summed E-state index contributed by atoms with van der Waals surface area (Å²) in [4.78, 5) is 1.69. The molecular formula is C11H20F3NO. The summed E-state index contributed by atoms with van der Waals surface area (Å²) in [5.74, 6) is 0.285. The number of aliphatic hydroxyl groups excluding tert-OH is 1. The second-order valence-corrected chi connectivity index (χ2v) is 4.72. The van der Waals surface area contributed by atoms with E-state index in [1.54, 1.807) is 11.9 Å². The highest BCUT2D eigenvalue weighted by molar-refractivity contribution is 4.77. The van der Waals surface area contributed by atoms with Crippen molar-refractivity contribution in [2.24, 2.45) is 5.92 Å². The lowest BCUT2D eigenvalue weighted by Gasteiger charge is -2.21. The Morgan fingerprint density at radius 3 is 2.44 bits per heavy atom. The van der Waals surface area contributed by atoms with Crippen molar-refractivity contribution >= 4 is 0 Å². The van der Waals surface area contributed by atoms with Gasteiger partial charge >= 0.3 is 6.18 Å². The predicted octanol–water partition coefficient (Wildman–Crippen LogP) is 2.42. The molecule has 16 heavy (non-hydrogen) atoms. The second kappa shape index (κ2) is 5.87. The van der Waals surface area contributed by atoms with Crippen molar-refractivity contribution in [1.29, 1.82) is 0 Å². The topological polar surface area (TPSA) is 23.5 Å². The van der Waals surface area contributed by atoms with E-state index in [0.29, 0.717) is 6.54 Å². The van der Waals surface area contributed by atoms with E-state index in [-0.39, 0.29) is 18.6 Å². The number of hydrogen-bond donors (Lipinski definition) is 1. The fourth-order valence-corrected chi connectivity index (χ4v) is 2.17. The smallest absolute Gasteiger partial charge is 0.390 e. The summed E-state index contributed by atoms with van der Waals surface area (Å²) in [6, 6.07) is 0. The highest BCUT2D eigenvalue weighted by atomic mass is 19.4. The summed E-state index contributed by atoms with van der Waals surface area (Å²) < 4.78 is 35.9. The monoisotopic (exact) mass is 239 g/mol.